The van der Waals surface area contributed by atoms with E-state index in [9.17, 15) is 9.59 Å². The molecule has 2 aromatic carbocycles. The molecule has 1 amide bonds. The number of hydrogen-bond acceptors (Lipinski definition) is 2. The Morgan fingerprint density at radius 3 is 2.45 bits per heavy atom. The van der Waals surface area contributed by atoms with Gasteiger partial charge in [-0.2, -0.15) is 0 Å². The quantitative estimate of drug-likeness (QED) is 0.703. The molecule has 0 aromatic heterocycles. The van der Waals surface area contributed by atoms with Crippen LogP contribution < -0.4 is 5.32 Å². The summed E-state index contributed by atoms with van der Waals surface area (Å²) in [5, 5.41) is 11.2. The molecule has 1 aliphatic rings. The summed E-state index contributed by atoms with van der Waals surface area (Å²) in [6.07, 6.45) is 2.64. The maximum Gasteiger partial charge on any atom is 0.328 e. The molecular weight excluding hydrogens is 346 g/mol. The molecule has 2 aromatic rings. The van der Waals surface area contributed by atoms with E-state index in [0.29, 0.717) is 5.69 Å². The van der Waals surface area contributed by atoms with Crippen molar-refractivity contribution < 1.29 is 14.7 Å². The zero-order valence-electron chi connectivity index (χ0n) is 11.5. The minimum Gasteiger partial charge on any atom is -0.478 e. The van der Waals surface area contributed by atoms with Crippen LogP contribution >= 0.6 is 15.9 Å². The first-order valence-corrected chi connectivity index (χ1v) is 7.46. The van der Waals surface area contributed by atoms with Crippen LogP contribution in [0.4, 0.5) is 5.69 Å². The van der Waals surface area contributed by atoms with Crippen LogP contribution in [0.15, 0.2) is 53.0 Å². The molecule has 0 fully saturated rings. The summed E-state index contributed by atoms with van der Waals surface area (Å²) < 4.78 is 1.05. The van der Waals surface area contributed by atoms with Gasteiger partial charge in [0.2, 0.25) is 5.91 Å². The van der Waals surface area contributed by atoms with Gasteiger partial charge in [0.25, 0.3) is 0 Å². The highest BCUT2D eigenvalue weighted by molar-refractivity contribution is 9.10. The molecule has 0 unspecified atom stereocenters. The van der Waals surface area contributed by atoms with Crippen molar-refractivity contribution in [2.75, 3.05) is 5.32 Å². The van der Waals surface area contributed by atoms with Crippen molar-refractivity contribution in [1.82, 2.24) is 0 Å². The van der Waals surface area contributed by atoms with E-state index in [1.165, 1.54) is 16.7 Å². The van der Waals surface area contributed by atoms with E-state index < -0.39 is 11.9 Å². The molecular formula is C17H12BrNO3. The Balaban J connectivity index is 1.82. The van der Waals surface area contributed by atoms with Crippen molar-refractivity contribution in [3.05, 3.63) is 64.1 Å². The lowest BCUT2D eigenvalue weighted by molar-refractivity contribution is -0.131. The van der Waals surface area contributed by atoms with E-state index in [-0.39, 0.29) is 0 Å². The van der Waals surface area contributed by atoms with Gasteiger partial charge in [-0.25, -0.2) is 4.79 Å². The number of rotatable bonds is 3. The third-order valence-electron chi connectivity index (χ3n) is 3.49. The number of anilines is 1. The van der Waals surface area contributed by atoms with Gasteiger partial charge >= 0.3 is 5.97 Å². The summed E-state index contributed by atoms with van der Waals surface area (Å²) in [6.45, 7) is 0. The second-order valence-corrected chi connectivity index (χ2v) is 5.93. The Morgan fingerprint density at radius 1 is 1.05 bits per heavy atom. The molecule has 1 aliphatic carbocycles. The van der Waals surface area contributed by atoms with E-state index >= 15 is 0 Å². The largest absolute Gasteiger partial charge is 0.478 e. The van der Waals surface area contributed by atoms with Gasteiger partial charge in [0.05, 0.1) is 0 Å². The van der Waals surface area contributed by atoms with E-state index in [1.54, 1.807) is 0 Å². The van der Waals surface area contributed by atoms with Gasteiger partial charge in [-0.1, -0.05) is 28.1 Å². The average Bonchev–Trinajstić information content (AvgIpc) is 2.81. The van der Waals surface area contributed by atoms with Gasteiger partial charge in [0.1, 0.15) is 0 Å². The third-order valence-corrected chi connectivity index (χ3v) is 3.98. The predicted molar refractivity (Wildman–Crippen MR) is 87.8 cm³/mol. The van der Waals surface area contributed by atoms with Crippen molar-refractivity contribution in [3.8, 4) is 11.1 Å². The van der Waals surface area contributed by atoms with E-state index in [1.807, 2.05) is 24.3 Å². The smallest absolute Gasteiger partial charge is 0.328 e. The average molecular weight is 358 g/mol. The third kappa shape index (κ3) is 2.94. The summed E-state index contributed by atoms with van der Waals surface area (Å²) in [5.74, 6) is -1.61. The van der Waals surface area contributed by atoms with E-state index in [4.69, 9.17) is 5.11 Å². The molecule has 0 aliphatic heterocycles. The summed E-state index contributed by atoms with van der Waals surface area (Å²) >= 11 is 3.47. The van der Waals surface area contributed by atoms with Crippen LogP contribution in [-0.4, -0.2) is 17.0 Å². The van der Waals surface area contributed by atoms with E-state index in [2.05, 4.69) is 33.4 Å². The number of carboxylic acid groups (broad SMARTS) is 1. The molecule has 0 heterocycles. The Morgan fingerprint density at radius 2 is 1.73 bits per heavy atom. The number of carbonyl (C=O) groups is 2. The predicted octanol–water partition coefficient (Wildman–Crippen LogP) is 3.60. The molecule has 5 heteroatoms. The van der Waals surface area contributed by atoms with Crippen molar-refractivity contribution in [2.24, 2.45) is 0 Å². The highest BCUT2D eigenvalue weighted by atomic mass is 79.9. The van der Waals surface area contributed by atoms with Gasteiger partial charge in [-0.3, -0.25) is 4.79 Å². The second-order valence-electron chi connectivity index (χ2n) is 5.01. The number of hydrogen-bond donors (Lipinski definition) is 2. The van der Waals surface area contributed by atoms with Crippen molar-refractivity contribution >= 4 is 33.5 Å². The summed E-state index contributed by atoms with van der Waals surface area (Å²) in [5.41, 5.74) is 5.43. The van der Waals surface area contributed by atoms with Crippen molar-refractivity contribution in [3.63, 3.8) is 0 Å². The van der Waals surface area contributed by atoms with Crippen LogP contribution in [0.5, 0.6) is 0 Å². The van der Waals surface area contributed by atoms with Crippen LogP contribution in [0, 0.1) is 0 Å². The van der Waals surface area contributed by atoms with E-state index in [0.717, 1.165) is 28.6 Å². The molecule has 0 saturated carbocycles. The van der Waals surface area contributed by atoms with Gasteiger partial charge in [-0.15, -0.1) is 0 Å². The molecule has 0 saturated heterocycles. The number of carbonyl (C=O) groups excluding carboxylic acids is 1. The van der Waals surface area contributed by atoms with Crippen molar-refractivity contribution in [2.45, 2.75) is 6.42 Å². The lowest BCUT2D eigenvalue weighted by Gasteiger charge is -2.05. The number of aliphatic carboxylic acids is 1. The number of benzene rings is 2. The highest BCUT2D eigenvalue weighted by Crippen LogP contribution is 2.38. The first-order chi connectivity index (χ1) is 10.5. The maximum atomic E-state index is 11.6. The van der Waals surface area contributed by atoms with Crippen LogP contribution in [0.3, 0.4) is 0 Å². The fourth-order valence-corrected chi connectivity index (χ4v) is 3.00. The normalized spacial score (nSPS) is 12.0. The summed E-state index contributed by atoms with van der Waals surface area (Å²) in [6, 6.07) is 11.9. The molecule has 0 radical (unpaired) electrons. The summed E-state index contributed by atoms with van der Waals surface area (Å²) in [4.78, 5) is 22.0. The van der Waals surface area contributed by atoms with Crippen molar-refractivity contribution in [1.29, 1.82) is 0 Å². The molecule has 110 valence electrons. The number of halogens is 1. The minimum absolute atomic E-state index is 0.458. The van der Waals surface area contributed by atoms with Crippen LogP contribution in [0.2, 0.25) is 0 Å². The van der Waals surface area contributed by atoms with Crippen LogP contribution in [-0.2, 0) is 16.0 Å². The number of amides is 1. The lowest BCUT2D eigenvalue weighted by Crippen LogP contribution is -2.08. The number of nitrogens with one attached hydrogen (secondary N) is 1. The van der Waals surface area contributed by atoms with Gasteiger partial charge in [-0.05, 0) is 52.9 Å². The molecule has 2 N–H and O–H groups in total. The number of fused-ring (bicyclic) bond motifs is 3. The fraction of sp³-hybridized carbons (Fsp3) is 0.0588. The fourth-order valence-electron chi connectivity index (χ4n) is 2.59. The molecule has 3 rings (SSSR count). The Hall–Kier alpha value is -2.40. The maximum absolute atomic E-state index is 11.6. The second kappa shape index (κ2) is 5.77. The molecule has 4 nitrogen and oxygen atoms in total. The Labute approximate surface area is 135 Å². The zero-order chi connectivity index (χ0) is 15.7. The van der Waals surface area contributed by atoms with Gasteiger partial charge in [0, 0.05) is 22.3 Å². The monoisotopic (exact) mass is 357 g/mol. The minimum atomic E-state index is -1.15. The Bertz CT molecular complexity index is 812. The standard InChI is InChI=1S/C17H12BrNO3/c18-12-1-3-14-10(8-12)7-11-9-13(2-4-15(11)14)19-16(20)5-6-17(21)22/h1-6,8-9H,7H2,(H,19,20)(H,21,22). The van der Waals surface area contributed by atoms with Crippen LogP contribution in [0.1, 0.15) is 11.1 Å². The van der Waals surface area contributed by atoms with Gasteiger partial charge in [0.15, 0.2) is 0 Å². The van der Waals surface area contributed by atoms with Crippen LogP contribution in [0.25, 0.3) is 11.1 Å². The summed E-state index contributed by atoms with van der Waals surface area (Å²) in [7, 11) is 0. The first-order valence-electron chi connectivity index (χ1n) is 6.66. The first kappa shape index (κ1) is 14.5. The molecule has 0 atom stereocenters. The molecule has 0 bridgehead atoms. The van der Waals surface area contributed by atoms with Gasteiger partial charge < -0.3 is 10.4 Å². The SMILES string of the molecule is O=C(O)C=CC(=O)Nc1ccc2c(c1)Cc1cc(Br)ccc1-2. The molecule has 22 heavy (non-hydrogen) atoms. The number of carboxylic acids is 1. The lowest BCUT2D eigenvalue weighted by atomic mass is 10.1. The Kier molecular flexibility index (Phi) is 3.81. The molecule has 0 spiro atoms. The topological polar surface area (TPSA) is 66.4 Å². The zero-order valence-corrected chi connectivity index (χ0v) is 13.1. The highest BCUT2D eigenvalue weighted by Gasteiger charge is 2.18.